The van der Waals surface area contributed by atoms with Crippen molar-refractivity contribution >= 4 is 28.9 Å². The van der Waals surface area contributed by atoms with Gasteiger partial charge in [-0.25, -0.2) is 0 Å². The summed E-state index contributed by atoms with van der Waals surface area (Å²) in [5.74, 6) is 0.569. The number of halogens is 2. The number of nitrogen functional groups attached to an aromatic ring is 1. The lowest BCUT2D eigenvalue weighted by Gasteiger charge is -2.10. The van der Waals surface area contributed by atoms with Gasteiger partial charge in [-0.05, 0) is 30.7 Å². The van der Waals surface area contributed by atoms with E-state index in [4.69, 9.17) is 33.7 Å². The third kappa shape index (κ3) is 3.09. The number of benzene rings is 2. The number of aryl methyl sites for hydroxylation is 1. The minimum Gasteiger partial charge on any atom is -0.487 e. The standard InChI is InChI=1S/C14H13Cl2NO/c1-9-2-3-10(12(16)6-9)8-18-14-7-11(15)4-5-13(14)17/h2-7H,8,17H2,1H3. The van der Waals surface area contributed by atoms with Crippen molar-refractivity contribution < 1.29 is 4.74 Å². The van der Waals surface area contributed by atoms with Crippen LogP contribution in [0.15, 0.2) is 36.4 Å². The quantitative estimate of drug-likeness (QED) is 0.843. The Bertz CT molecular complexity index is 570. The Hall–Kier alpha value is -1.38. The van der Waals surface area contributed by atoms with E-state index in [0.717, 1.165) is 11.1 Å². The van der Waals surface area contributed by atoms with Crippen molar-refractivity contribution in [3.63, 3.8) is 0 Å². The first-order valence-corrected chi connectivity index (χ1v) is 6.24. The van der Waals surface area contributed by atoms with E-state index in [1.165, 1.54) is 0 Å². The molecule has 2 N–H and O–H groups in total. The maximum Gasteiger partial charge on any atom is 0.144 e. The highest BCUT2D eigenvalue weighted by atomic mass is 35.5. The van der Waals surface area contributed by atoms with Gasteiger partial charge in [0.25, 0.3) is 0 Å². The highest BCUT2D eigenvalue weighted by molar-refractivity contribution is 6.31. The molecule has 0 radical (unpaired) electrons. The van der Waals surface area contributed by atoms with Crippen molar-refractivity contribution in [2.45, 2.75) is 13.5 Å². The number of hydrogen-bond acceptors (Lipinski definition) is 2. The average molecular weight is 282 g/mol. The summed E-state index contributed by atoms with van der Waals surface area (Å²) in [4.78, 5) is 0. The fraction of sp³-hybridized carbons (Fsp3) is 0.143. The van der Waals surface area contributed by atoms with Crippen LogP contribution in [0.4, 0.5) is 5.69 Å². The van der Waals surface area contributed by atoms with E-state index in [9.17, 15) is 0 Å². The molecule has 0 fully saturated rings. The van der Waals surface area contributed by atoms with Crippen molar-refractivity contribution in [1.82, 2.24) is 0 Å². The monoisotopic (exact) mass is 281 g/mol. The van der Waals surface area contributed by atoms with E-state index in [1.807, 2.05) is 25.1 Å². The number of anilines is 1. The summed E-state index contributed by atoms with van der Waals surface area (Å²) < 4.78 is 5.63. The third-order valence-corrected chi connectivity index (χ3v) is 3.15. The number of nitrogens with two attached hydrogens (primary N) is 1. The lowest BCUT2D eigenvalue weighted by atomic mass is 10.1. The van der Waals surface area contributed by atoms with Gasteiger partial charge < -0.3 is 10.5 Å². The van der Waals surface area contributed by atoms with Crippen molar-refractivity contribution in [3.05, 3.63) is 57.6 Å². The third-order valence-electron chi connectivity index (χ3n) is 2.57. The van der Waals surface area contributed by atoms with Crippen molar-refractivity contribution in [3.8, 4) is 5.75 Å². The minimum atomic E-state index is 0.365. The molecular formula is C14H13Cl2NO. The molecule has 0 saturated heterocycles. The smallest absolute Gasteiger partial charge is 0.144 e. The van der Waals surface area contributed by atoms with Crippen LogP contribution in [-0.4, -0.2) is 0 Å². The molecule has 0 amide bonds. The van der Waals surface area contributed by atoms with Gasteiger partial charge in [0.1, 0.15) is 12.4 Å². The highest BCUT2D eigenvalue weighted by Crippen LogP contribution is 2.27. The van der Waals surface area contributed by atoms with Gasteiger partial charge in [-0.3, -0.25) is 0 Å². The molecule has 18 heavy (non-hydrogen) atoms. The van der Waals surface area contributed by atoms with Crippen LogP contribution in [0.2, 0.25) is 10.0 Å². The van der Waals surface area contributed by atoms with Crippen LogP contribution < -0.4 is 10.5 Å². The molecule has 0 spiro atoms. The van der Waals surface area contributed by atoms with Gasteiger partial charge >= 0.3 is 0 Å². The predicted octanol–water partition coefficient (Wildman–Crippen LogP) is 4.46. The van der Waals surface area contributed by atoms with Gasteiger partial charge in [0.2, 0.25) is 0 Å². The first-order chi connectivity index (χ1) is 8.56. The Morgan fingerprint density at radius 3 is 2.61 bits per heavy atom. The van der Waals surface area contributed by atoms with Gasteiger partial charge in [-0.2, -0.15) is 0 Å². The van der Waals surface area contributed by atoms with Gasteiger partial charge in [-0.1, -0.05) is 35.3 Å². The fourth-order valence-corrected chi connectivity index (χ4v) is 2.01. The van der Waals surface area contributed by atoms with Crippen LogP contribution >= 0.6 is 23.2 Å². The molecule has 0 heterocycles. The van der Waals surface area contributed by atoms with Crippen molar-refractivity contribution in [2.75, 3.05) is 5.73 Å². The topological polar surface area (TPSA) is 35.2 Å². The Kier molecular flexibility index (Phi) is 4.00. The van der Waals surface area contributed by atoms with Gasteiger partial charge in [-0.15, -0.1) is 0 Å². The molecule has 0 aliphatic rings. The Labute approximate surface area is 116 Å². The van der Waals surface area contributed by atoms with Crippen molar-refractivity contribution in [1.29, 1.82) is 0 Å². The molecule has 2 rings (SSSR count). The second-order valence-electron chi connectivity index (χ2n) is 4.07. The number of rotatable bonds is 3. The van der Waals surface area contributed by atoms with E-state index >= 15 is 0 Å². The molecule has 0 bridgehead atoms. The Morgan fingerprint density at radius 2 is 1.89 bits per heavy atom. The van der Waals surface area contributed by atoms with E-state index in [0.29, 0.717) is 28.1 Å². The van der Waals surface area contributed by atoms with E-state index in [2.05, 4.69) is 0 Å². The zero-order chi connectivity index (χ0) is 13.1. The average Bonchev–Trinajstić information content (AvgIpc) is 2.32. The first-order valence-electron chi connectivity index (χ1n) is 5.49. The molecule has 2 aromatic carbocycles. The summed E-state index contributed by atoms with van der Waals surface area (Å²) in [6.45, 7) is 2.36. The molecule has 0 unspecified atom stereocenters. The van der Waals surface area contributed by atoms with Gasteiger partial charge in [0.05, 0.1) is 5.69 Å². The fourth-order valence-electron chi connectivity index (χ4n) is 1.56. The second-order valence-corrected chi connectivity index (χ2v) is 4.91. The van der Waals surface area contributed by atoms with E-state index in [-0.39, 0.29) is 0 Å². The van der Waals surface area contributed by atoms with Crippen LogP contribution in [-0.2, 0) is 6.61 Å². The van der Waals surface area contributed by atoms with Crippen LogP contribution in [0.5, 0.6) is 5.75 Å². The predicted molar refractivity (Wildman–Crippen MR) is 76.4 cm³/mol. The first kappa shape index (κ1) is 13.1. The minimum absolute atomic E-state index is 0.365. The van der Waals surface area contributed by atoms with Crippen LogP contribution in [0.3, 0.4) is 0 Å². The zero-order valence-electron chi connectivity index (χ0n) is 9.91. The Balaban J connectivity index is 2.13. The zero-order valence-corrected chi connectivity index (χ0v) is 11.4. The summed E-state index contributed by atoms with van der Waals surface area (Å²) in [7, 11) is 0. The summed E-state index contributed by atoms with van der Waals surface area (Å²) in [6.07, 6.45) is 0. The number of hydrogen-bond donors (Lipinski definition) is 1. The normalized spacial score (nSPS) is 10.4. The van der Waals surface area contributed by atoms with E-state index < -0.39 is 0 Å². The summed E-state index contributed by atoms with van der Waals surface area (Å²) in [6, 6.07) is 11.0. The van der Waals surface area contributed by atoms with Gasteiger partial charge in [0.15, 0.2) is 0 Å². The molecule has 94 valence electrons. The SMILES string of the molecule is Cc1ccc(COc2cc(Cl)ccc2N)c(Cl)c1. The number of ether oxygens (including phenoxy) is 1. The molecule has 2 nitrogen and oxygen atoms in total. The maximum absolute atomic E-state index is 6.13. The molecule has 0 atom stereocenters. The maximum atomic E-state index is 6.13. The summed E-state index contributed by atoms with van der Waals surface area (Å²) >= 11 is 12.0. The largest absolute Gasteiger partial charge is 0.487 e. The molecule has 0 saturated carbocycles. The van der Waals surface area contributed by atoms with Crippen LogP contribution in [0.25, 0.3) is 0 Å². The highest BCUT2D eigenvalue weighted by Gasteiger charge is 2.05. The molecule has 0 aromatic heterocycles. The molecule has 4 heteroatoms. The molecule has 0 aliphatic heterocycles. The molecule has 2 aromatic rings. The molecule has 0 aliphatic carbocycles. The van der Waals surface area contributed by atoms with Crippen LogP contribution in [0.1, 0.15) is 11.1 Å². The van der Waals surface area contributed by atoms with Crippen LogP contribution in [0, 0.1) is 6.92 Å². The molecular weight excluding hydrogens is 269 g/mol. The lowest BCUT2D eigenvalue weighted by molar-refractivity contribution is 0.308. The van der Waals surface area contributed by atoms with Gasteiger partial charge in [0, 0.05) is 21.7 Å². The van der Waals surface area contributed by atoms with E-state index in [1.54, 1.807) is 18.2 Å². The second kappa shape index (κ2) is 5.51. The van der Waals surface area contributed by atoms with Crippen molar-refractivity contribution in [2.24, 2.45) is 0 Å². The lowest BCUT2D eigenvalue weighted by Crippen LogP contribution is -1.99. The summed E-state index contributed by atoms with van der Waals surface area (Å²) in [5, 5.41) is 1.28. The summed E-state index contributed by atoms with van der Waals surface area (Å²) in [5.41, 5.74) is 8.39. The Morgan fingerprint density at radius 1 is 1.11 bits per heavy atom.